The lowest BCUT2D eigenvalue weighted by Crippen LogP contribution is -2.13. The van der Waals surface area contributed by atoms with Crippen molar-refractivity contribution >= 4 is 26.6 Å². The van der Waals surface area contributed by atoms with Crippen molar-refractivity contribution in [3.8, 4) is 11.5 Å². The summed E-state index contributed by atoms with van der Waals surface area (Å²) in [6.45, 7) is 2.68. The van der Waals surface area contributed by atoms with E-state index in [4.69, 9.17) is 9.47 Å². The van der Waals surface area contributed by atoms with Gasteiger partial charge in [0.15, 0.2) is 11.5 Å². The van der Waals surface area contributed by atoms with E-state index in [0.29, 0.717) is 23.7 Å². The van der Waals surface area contributed by atoms with Gasteiger partial charge in [0.25, 0.3) is 10.0 Å². The molecule has 0 unspecified atom stereocenters. The van der Waals surface area contributed by atoms with Crippen LogP contribution in [0.25, 0.3) is 10.9 Å². The number of aryl methyl sites for hydroxylation is 1. The fourth-order valence-electron chi connectivity index (χ4n) is 2.58. The summed E-state index contributed by atoms with van der Waals surface area (Å²) < 4.78 is 40.0. The van der Waals surface area contributed by atoms with Gasteiger partial charge in [0, 0.05) is 18.0 Å². The van der Waals surface area contributed by atoms with E-state index < -0.39 is 10.0 Å². The van der Waals surface area contributed by atoms with Crippen LogP contribution in [-0.2, 0) is 16.6 Å². The Hall–Kier alpha value is -2.74. The standard InChI is InChI=1S/C17H19N3O4S/c1-4-20-15-9-13(6-5-12(15)11-18-20)19-25(21,22)14-7-8-16(23-2)17(10-14)24-3/h5-11,19H,4H2,1-3H3. The maximum atomic E-state index is 12.7. The van der Waals surface area contributed by atoms with Gasteiger partial charge in [0.2, 0.25) is 0 Å². The van der Waals surface area contributed by atoms with Crippen LogP contribution in [0, 0.1) is 0 Å². The van der Waals surface area contributed by atoms with Crippen molar-refractivity contribution < 1.29 is 17.9 Å². The van der Waals surface area contributed by atoms with Gasteiger partial charge in [-0.3, -0.25) is 9.40 Å². The van der Waals surface area contributed by atoms with Crippen LogP contribution in [0.15, 0.2) is 47.5 Å². The zero-order valence-electron chi connectivity index (χ0n) is 14.2. The van der Waals surface area contributed by atoms with E-state index in [9.17, 15) is 8.42 Å². The monoisotopic (exact) mass is 361 g/mol. The molecule has 25 heavy (non-hydrogen) atoms. The first kappa shape index (κ1) is 17.1. The van der Waals surface area contributed by atoms with Crippen LogP contribution < -0.4 is 14.2 Å². The molecule has 0 aliphatic heterocycles. The summed E-state index contributed by atoms with van der Waals surface area (Å²) in [4.78, 5) is 0.0919. The van der Waals surface area contributed by atoms with Gasteiger partial charge < -0.3 is 9.47 Å². The minimum absolute atomic E-state index is 0.0919. The van der Waals surface area contributed by atoms with Crippen molar-refractivity contribution in [3.05, 3.63) is 42.6 Å². The molecule has 1 N–H and O–H groups in total. The number of benzene rings is 2. The molecule has 0 radical (unpaired) electrons. The molecule has 0 atom stereocenters. The third-order valence-electron chi connectivity index (χ3n) is 3.86. The maximum absolute atomic E-state index is 12.7. The number of hydrogen-bond donors (Lipinski definition) is 1. The lowest BCUT2D eigenvalue weighted by Gasteiger charge is -2.12. The Balaban J connectivity index is 1.96. The van der Waals surface area contributed by atoms with Gasteiger partial charge in [-0.15, -0.1) is 0 Å². The number of aromatic nitrogens is 2. The van der Waals surface area contributed by atoms with Gasteiger partial charge in [0.1, 0.15) is 0 Å². The van der Waals surface area contributed by atoms with Crippen molar-refractivity contribution in [2.75, 3.05) is 18.9 Å². The predicted octanol–water partition coefficient (Wildman–Crippen LogP) is 2.87. The largest absolute Gasteiger partial charge is 0.493 e. The Morgan fingerprint density at radius 3 is 2.52 bits per heavy atom. The second kappa shape index (κ2) is 6.64. The fourth-order valence-corrected chi connectivity index (χ4v) is 3.65. The third-order valence-corrected chi connectivity index (χ3v) is 5.24. The molecule has 0 aliphatic rings. The smallest absolute Gasteiger partial charge is 0.262 e. The zero-order chi connectivity index (χ0) is 18.0. The summed E-state index contributed by atoms with van der Waals surface area (Å²) in [6, 6.07) is 9.77. The van der Waals surface area contributed by atoms with Gasteiger partial charge in [-0.05, 0) is 37.3 Å². The molecular formula is C17H19N3O4S. The summed E-state index contributed by atoms with van der Waals surface area (Å²) in [5.41, 5.74) is 1.34. The molecule has 3 rings (SSSR count). The zero-order valence-corrected chi connectivity index (χ0v) is 15.0. The minimum Gasteiger partial charge on any atom is -0.493 e. The molecule has 0 amide bonds. The molecular weight excluding hydrogens is 342 g/mol. The molecule has 3 aromatic rings. The second-order valence-electron chi connectivity index (χ2n) is 5.36. The lowest BCUT2D eigenvalue weighted by atomic mass is 10.2. The Labute approximate surface area is 146 Å². The molecule has 2 aromatic carbocycles. The van der Waals surface area contributed by atoms with E-state index >= 15 is 0 Å². The number of hydrogen-bond acceptors (Lipinski definition) is 5. The van der Waals surface area contributed by atoms with Gasteiger partial charge in [-0.2, -0.15) is 5.10 Å². The van der Waals surface area contributed by atoms with Gasteiger partial charge in [-0.25, -0.2) is 8.42 Å². The average molecular weight is 361 g/mol. The van der Waals surface area contributed by atoms with Gasteiger partial charge in [-0.1, -0.05) is 0 Å². The highest BCUT2D eigenvalue weighted by molar-refractivity contribution is 7.92. The van der Waals surface area contributed by atoms with Gasteiger partial charge in [0.05, 0.1) is 36.5 Å². The number of methoxy groups -OCH3 is 2. The van der Waals surface area contributed by atoms with Crippen molar-refractivity contribution in [3.63, 3.8) is 0 Å². The van der Waals surface area contributed by atoms with E-state index in [2.05, 4.69) is 9.82 Å². The number of nitrogens with one attached hydrogen (secondary N) is 1. The second-order valence-corrected chi connectivity index (χ2v) is 7.04. The number of ether oxygens (including phenoxy) is 2. The van der Waals surface area contributed by atoms with E-state index in [1.54, 1.807) is 24.4 Å². The van der Waals surface area contributed by atoms with Crippen LogP contribution in [0.3, 0.4) is 0 Å². The first-order valence-corrected chi connectivity index (χ1v) is 9.17. The highest BCUT2D eigenvalue weighted by Gasteiger charge is 2.17. The summed E-state index contributed by atoms with van der Waals surface area (Å²) in [6.07, 6.45) is 1.76. The normalized spacial score (nSPS) is 11.5. The Morgan fingerprint density at radius 1 is 1.08 bits per heavy atom. The lowest BCUT2D eigenvalue weighted by molar-refractivity contribution is 0.354. The van der Waals surface area contributed by atoms with E-state index in [-0.39, 0.29) is 4.90 Å². The van der Waals surface area contributed by atoms with Crippen molar-refractivity contribution in [1.29, 1.82) is 0 Å². The number of anilines is 1. The first-order valence-electron chi connectivity index (χ1n) is 7.69. The van der Waals surface area contributed by atoms with Crippen molar-refractivity contribution in [2.45, 2.75) is 18.4 Å². The van der Waals surface area contributed by atoms with Crippen LogP contribution in [0.4, 0.5) is 5.69 Å². The Kier molecular flexibility index (Phi) is 4.54. The number of sulfonamides is 1. The molecule has 0 bridgehead atoms. The average Bonchev–Trinajstić information content (AvgIpc) is 3.03. The summed E-state index contributed by atoms with van der Waals surface area (Å²) in [7, 11) is -0.801. The van der Waals surface area contributed by atoms with Crippen molar-refractivity contribution in [2.24, 2.45) is 0 Å². The van der Waals surface area contributed by atoms with Crippen LogP contribution in [0.5, 0.6) is 11.5 Å². The molecule has 1 heterocycles. The van der Waals surface area contributed by atoms with Crippen molar-refractivity contribution in [1.82, 2.24) is 9.78 Å². The third kappa shape index (κ3) is 3.25. The van der Waals surface area contributed by atoms with Gasteiger partial charge >= 0.3 is 0 Å². The number of rotatable bonds is 6. The topological polar surface area (TPSA) is 82.5 Å². The quantitative estimate of drug-likeness (QED) is 0.730. The number of nitrogens with zero attached hydrogens (tertiary/aromatic N) is 2. The molecule has 0 saturated carbocycles. The number of fused-ring (bicyclic) bond motifs is 1. The Morgan fingerprint density at radius 2 is 1.84 bits per heavy atom. The summed E-state index contributed by atoms with van der Waals surface area (Å²) in [5.74, 6) is 0.819. The molecule has 132 valence electrons. The van der Waals surface area contributed by atoms with Crippen LogP contribution >= 0.6 is 0 Å². The first-order chi connectivity index (χ1) is 12.0. The van der Waals surface area contributed by atoms with Crippen LogP contribution in [0.1, 0.15) is 6.92 Å². The maximum Gasteiger partial charge on any atom is 0.262 e. The van der Waals surface area contributed by atoms with E-state index in [0.717, 1.165) is 10.9 Å². The molecule has 0 saturated heterocycles. The summed E-state index contributed by atoms with van der Waals surface area (Å²) in [5, 5.41) is 5.21. The fraction of sp³-hybridized carbons (Fsp3) is 0.235. The molecule has 0 spiro atoms. The van der Waals surface area contributed by atoms with E-state index in [1.807, 2.05) is 17.7 Å². The SMILES string of the molecule is CCn1ncc2ccc(NS(=O)(=O)c3ccc(OC)c(OC)c3)cc21. The highest BCUT2D eigenvalue weighted by Crippen LogP contribution is 2.30. The predicted molar refractivity (Wildman–Crippen MR) is 95.8 cm³/mol. The summed E-state index contributed by atoms with van der Waals surface area (Å²) >= 11 is 0. The Bertz CT molecular complexity index is 1010. The molecule has 1 aromatic heterocycles. The molecule has 0 aliphatic carbocycles. The van der Waals surface area contributed by atoms with Crippen LogP contribution in [0.2, 0.25) is 0 Å². The molecule has 7 nitrogen and oxygen atoms in total. The molecule has 8 heteroatoms. The minimum atomic E-state index is -3.76. The van der Waals surface area contributed by atoms with E-state index in [1.165, 1.54) is 26.4 Å². The highest BCUT2D eigenvalue weighted by atomic mass is 32.2. The molecule has 0 fully saturated rings. The van der Waals surface area contributed by atoms with Crippen LogP contribution in [-0.4, -0.2) is 32.4 Å².